The number of hydrogen-bond acceptors (Lipinski definition) is 4. The van der Waals surface area contributed by atoms with E-state index in [1.807, 2.05) is 11.9 Å². The van der Waals surface area contributed by atoms with Crippen LogP contribution in [0.15, 0.2) is 41.3 Å². The molecule has 0 radical (unpaired) electrons. The highest BCUT2D eigenvalue weighted by Gasteiger charge is 2.18. The molecule has 0 N–H and O–H groups in total. The van der Waals surface area contributed by atoms with E-state index in [9.17, 15) is 19.3 Å². The summed E-state index contributed by atoms with van der Waals surface area (Å²) in [4.78, 5) is 24.4. The number of aryl methyl sites for hydroxylation is 1. The summed E-state index contributed by atoms with van der Waals surface area (Å²) in [5.41, 5.74) is 0.339. The summed E-state index contributed by atoms with van der Waals surface area (Å²) in [7, 11) is 1.87. The minimum atomic E-state index is -0.642. The van der Waals surface area contributed by atoms with Crippen LogP contribution in [0.3, 0.4) is 0 Å². The van der Waals surface area contributed by atoms with Crippen molar-refractivity contribution in [3.05, 3.63) is 73.9 Å². The molecular formula is C16H18FN3O3. The quantitative estimate of drug-likeness (QED) is 0.605. The number of nitro groups is 1. The van der Waals surface area contributed by atoms with Crippen molar-refractivity contribution in [3.63, 3.8) is 0 Å². The maximum absolute atomic E-state index is 12.9. The highest BCUT2D eigenvalue weighted by Crippen LogP contribution is 2.11. The molecule has 0 aliphatic rings. The van der Waals surface area contributed by atoms with Crippen LogP contribution >= 0.6 is 0 Å². The van der Waals surface area contributed by atoms with Crippen molar-refractivity contribution in [1.29, 1.82) is 0 Å². The monoisotopic (exact) mass is 319 g/mol. The van der Waals surface area contributed by atoms with E-state index in [0.29, 0.717) is 25.2 Å². The van der Waals surface area contributed by atoms with Crippen LogP contribution in [0.2, 0.25) is 0 Å². The number of likely N-dealkylation sites (N-methyl/N-ethyl adjacent to an activating group) is 1. The Morgan fingerprint density at radius 3 is 2.52 bits per heavy atom. The number of pyridine rings is 1. The van der Waals surface area contributed by atoms with E-state index >= 15 is 0 Å². The van der Waals surface area contributed by atoms with Crippen molar-refractivity contribution in [3.8, 4) is 0 Å². The Labute approximate surface area is 132 Å². The summed E-state index contributed by atoms with van der Waals surface area (Å²) in [5, 5.41) is 11.0. The first kappa shape index (κ1) is 16.8. The van der Waals surface area contributed by atoms with Gasteiger partial charge in [-0.15, -0.1) is 0 Å². The minimum absolute atomic E-state index is 0.282. The smallest absolute Gasteiger partial charge is 0.308 e. The van der Waals surface area contributed by atoms with Gasteiger partial charge in [0.05, 0.1) is 4.92 Å². The maximum Gasteiger partial charge on any atom is 0.336 e. The predicted molar refractivity (Wildman–Crippen MR) is 84.8 cm³/mol. The average molecular weight is 319 g/mol. The molecule has 7 heteroatoms. The van der Waals surface area contributed by atoms with E-state index < -0.39 is 10.5 Å². The lowest BCUT2D eigenvalue weighted by molar-refractivity contribution is -0.387. The Bertz CT molecular complexity index is 756. The highest BCUT2D eigenvalue weighted by atomic mass is 19.1. The molecule has 0 bridgehead atoms. The summed E-state index contributed by atoms with van der Waals surface area (Å²) in [6.07, 6.45) is 1.57. The van der Waals surface area contributed by atoms with E-state index in [2.05, 4.69) is 0 Å². The Balaban J connectivity index is 2.03. The van der Waals surface area contributed by atoms with Gasteiger partial charge in [-0.25, -0.2) is 4.39 Å². The zero-order valence-electron chi connectivity index (χ0n) is 13.0. The number of benzene rings is 1. The van der Waals surface area contributed by atoms with E-state index in [-0.39, 0.29) is 11.5 Å². The van der Waals surface area contributed by atoms with E-state index in [1.54, 1.807) is 31.3 Å². The second-order valence-electron chi connectivity index (χ2n) is 5.47. The highest BCUT2D eigenvalue weighted by molar-refractivity contribution is 5.35. The normalized spacial score (nSPS) is 11.0. The zero-order valence-corrected chi connectivity index (χ0v) is 13.0. The van der Waals surface area contributed by atoms with Crippen molar-refractivity contribution >= 4 is 5.69 Å². The lowest BCUT2D eigenvalue weighted by Gasteiger charge is -2.17. The molecule has 0 amide bonds. The number of rotatable bonds is 6. The first-order valence-electron chi connectivity index (χ1n) is 7.16. The molecule has 6 nitrogen and oxygen atoms in total. The van der Waals surface area contributed by atoms with Gasteiger partial charge in [-0.05, 0) is 37.7 Å². The molecule has 2 aromatic rings. The van der Waals surface area contributed by atoms with E-state index in [1.165, 1.54) is 16.7 Å². The van der Waals surface area contributed by atoms with Crippen molar-refractivity contribution in [2.75, 3.05) is 13.6 Å². The Morgan fingerprint density at radius 1 is 1.26 bits per heavy atom. The van der Waals surface area contributed by atoms with Crippen molar-refractivity contribution < 1.29 is 9.31 Å². The number of aromatic nitrogens is 1. The van der Waals surface area contributed by atoms with Crippen LogP contribution in [-0.4, -0.2) is 28.0 Å². The van der Waals surface area contributed by atoms with Gasteiger partial charge in [0.25, 0.3) is 0 Å². The van der Waals surface area contributed by atoms with Gasteiger partial charge in [0.1, 0.15) is 5.82 Å². The topological polar surface area (TPSA) is 68.4 Å². The summed E-state index contributed by atoms with van der Waals surface area (Å²) in [6, 6.07) is 7.77. The summed E-state index contributed by atoms with van der Waals surface area (Å²) >= 11 is 0. The zero-order chi connectivity index (χ0) is 17.0. The van der Waals surface area contributed by atoms with Gasteiger partial charge in [0.15, 0.2) is 0 Å². The van der Waals surface area contributed by atoms with Crippen LogP contribution < -0.4 is 5.56 Å². The van der Waals surface area contributed by atoms with Crippen LogP contribution in [0.1, 0.15) is 11.1 Å². The first-order valence-corrected chi connectivity index (χ1v) is 7.16. The Hall–Kier alpha value is -2.54. The van der Waals surface area contributed by atoms with E-state index in [0.717, 1.165) is 5.56 Å². The lowest BCUT2D eigenvalue weighted by Crippen LogP contribution is -2.29. The molecule has 1 aromatic heterocycles. The van der Waals surface area contributed by atoms with Gasteiger partial charge in [-0.1, -0.05) is 12.1 Å². The maximum atomic E-state index is 12.9. The number of nitrogens with zero attached hydrogens (tertiary/aromatic N) is 3. The standard InChI is InChI=1S/C16H18FN3O3/c1-12-7-8-19(16(21)15(12)20(22)23)10-9-18(2)11-13-3-5-14(17)6-4-13/h3-8H,9-11H2,1-2H3. The molecule has 0 spiro atoms. The van der Waals surface area contributed by atoms with Crippen LogP contribution in [0.25, 0.3) is 0 Å². The van der Waals surface area contributed by atoms with Crippen LogP contribution in [-0.2, 0) is 13.1 Å². The fourth-order valence-corrected chi connectivity index (χ4v) is 2.31. The molecule has 122 valence electrons. The van der Waals surface area contributed by atoms with Gasteiger partial charge in [0.2, 0.25) is 0 Å². The van der Waals surface area contributed by atoms with Gasteiger partial charge >= 0.3 is 11.2 Å². The van der Waals surface area contributed by atoms with Gasteiger partial charge in [-0.3, -0.25) is 14.9 Å². The summed E-state index contributed by atoms with van der Waals surface area (Å²) < 4.78 is 14.2. The Kier molecular flexibility index (Phi) is 5.23. The van der Waals surface area contributed by atoms with Crippen molar-refractivity contribution in [2.24, 2.45) is 0 Å². The molecule has 0 unspecified atom stereocenters. The first-order chi connectivity index (χ1) is 10.9. The van der Waals surface area contributed by atoms with Crippen LogP contribution in [0.4, 0.5) is 10.1 Å². The van der Waals surface area contributed by atoms with Crippen LogP contribution in [0, 0.1) is 22.9 Å². The molecule has 0 atom stereocenters. The largest absolute Gasteiger partial charge is 0.336 e. The van der Waals surface area contributed by atoms with Gasteiger partial charge in [0, 0.05) is 31.4 Å². The molecule has 0 aliphatic carbocycles. The second kappa shape index (κ2) is 7.15. The molecule has 0 fully saturated rings. The molecule has 1 heterocycles. The summed E-state index contributed by atoms with van der Waals surface area (Å²) in [6.45, 7) is 3.03. The van der Waals surface area contributed by atoms with Crippen LogP contribution in [0.5, 0.6) is 0 Å². The third-order valence-electron chi connectivity index (χ3n) is 3.61. The van der Waals surface area contributed by atoms with Gasteiger partial charge in [-0.2, -0.15) is 0 Å². The fourth-order valence-electron chi connectivity index (χ4n) is 2.31. The molecule has 0 saturated heterocycles. The predicted octanol–water partition coefficient (Wildman–Crippen LogP) is 2.34. The molecular weight excluding hydrogens is 301 g/mol. The molecule has 23 heavy (non-hydrogen) atoms. The number of hydrogen-bond donors (Lipinski definition) is 0. The van der Waals surface area contributed by atoms with Crippen molar-refractivity contribution in [2.45, 2.75) is 20.0 Å². The molecule has 2 rings (SSSR count). The molecule has 1 aromatic carbocycles. The Morgan fingerprint density at radius 2 is 1.91 bits per heavy atom. The third-order valence-corrected chi connectivity index (χ3v) is 3.61. The minimum Gasteiger partial charge on any atom is -0.308 e. The van der Waals surface area contributed by atoms with Gasteiger partial charge < -0.3 is 9.47 Å². The third kappa shape index (κ3) is 4.23. The summed E-state index contributed by atoms with van der Waals surface area (Å²) in [5.74, 6) is -0.282. The lowest BCUT2D eigenvalue weighted by atomic mass is 10.2. The average Bonchev–Trinajstić information content (AvgIpc) is 2.48. The molecule has 0 aliphatic heterocycles. The van der Waals surface area contributed by atoms with Crippen molar-refractivity contribution in [1.82, 2.24) is 9.47 Å². The SMILES string of the molecule is Cc1ccn(CCN(C)Cc2ccc(F)cc2)c(=O)c1[N+](=O)[O-]. The number of halogens is 1. The fraction of sp³-hybridized carbons (Fsp3) is 0.312. The molecule has 0 saturated carbocycles. The second-order valence-corrected chi connectivity index (χ2v) is 5.47. The van der Waals surface area contributed by atoms with E-state index in [4.69, 9.17) is 0 Å².